The zero-order valence-corrected chi connectivity index (χ0v) is 12.6. The molecule has 0 aliphatic heterocycles. The van der Waals surface area contributed by atoms with Crippen LogP contribution < -0.4 is 5.73 Å². The molecule has 108 valence electrons. The first-order valence-electron chi connectivity index (χ1n) is 7.41. The number of nitrogen functional groups attached to an aromatic ring is 1. The standard InChI is InChI=1S/C16H24N4/c1-4-6-8-12(5-2)15-14(16(17)20(3)19-15)13-9-7-10-18-11-13/h7,9-12H,4-6,8,17H2,1-3H3. The lowest BCUT2D eigenvalue weighted by Crippen LogP contribution is -2.01. The average Bonchev–Trinajstić information content (AvgIpc) is 2.77. The fourth-order valence-electron chi connectivity index (χ4n) is 2.64. The van der Waals surface area contributed by atoms with Crippen molar-refractivity contribution in [2.75, 3.05) is 5.73 Å². The number of pyridine rings is 1. The van der Waals surface area contributed by atoms with E-state index in [-0.39, 0.29) is 0 Å². The number of rotatable bonds is 6. The highest BCUT2D eigenvalue weighted by Crippen LogP contribution is 2.36. The van der Waals surface area contributed by atoms with E-state index in [2.05, 4.69) is 30.0 Å². The van der Waals surface area contributed by atoms with Crippen molar-refractivity contribution in [1.29, 1.82) is 0 Å². The van der Waals surface area contributed by atoms with E-state index in [0.717, 1.165) is 35.5 Å². The molecule has 0 aliphatic carbocycles. The van der Waals surface area contributed by atoms with Crippen molar-refractivity contribution in [1.82, 2.24) is 14.8 Å². The van der Waals surface area contributed by atoms with Crippen LogP contribution in [0, 0.1) is 0 Å². The quantitative estimate of drug-likeness (QED) is 0.871. The number of unbranched alkanes of at least 4 members (excludes halogenated alkanes) is 1. The van der Waals surface area contributed by atoms with Crippen molar-refractivity contribution in [3.05, 3.63) is 30.2 Å². The van der Waals surface area contributed by atoms with Gasteiger partial charge in [-0.25, -0.2) is 0 Å². The SMILES string of the molecule is CCCCC(CC)c1nn(C)c(N)c1-c1cccnc1. The van der Waals surface area contributed by atoms with E-state index in [4.69, 9.17) is 5.73 Å². The monoisotopic (exact) mass is 272 g/mol. The minimum absolute atomic E-state index is 0.466. The van der Waals surface area contributed by atoms with Gasteiger partial charge in [0.25, 0.3) is 0 Å². The van der Waals surface area contributed by atoms with Crippen molar-refractivity contribution < 1.29 is 0 Å². The van der Waals surface area contributed by atoms with E-state index in [1.807, 2.05) is 19.3 Å². The number of nitrogens with two attached hydrogens (primary N) is 1. The first-order chi connectivity index (χ1) is 9.69. The van der Waals surface area contributed by atoms with Gasteiger partial charge in [-0.15, -0.1) is 0 Å². The van der Waals surface area contributed by atoms with Crippen LogP contribution in [-0.2, 0) is 7.05 Å². The second-order valence-electron chi connectivity index (χ2n) is 5.26. The minimum Gasteiger partial charge on any atom is -0.383 e. The molecule has 2 rings (SSSR count). The smallest absolute Gasteiger partial charge is 0.129 e. The molecule has 0 radical (unpaired) electrons. The summed E-state index contributed by atoms with van der Waals surface area (Å²) in [5, 5.41) is 4.67. The number of hydrogen-bond donors (Lipinski definition) is 1. The topological polar surface area (TPSA) is 56.7 Å². The molecule has 2 N–H and O–H groups in total. The molecule has 0 saturated heterocycles. The molecule has 0 saturated carbocycles. The van der Waals surface area contributed by atoms with E-state index >= 15 is 0 Å². The van der Waals surface area contributed by atoms with E-state index in [9.17, 15) is 0 Å². The molecule has 20 heavy (non-hydrogen) atoms. The average molecular weight is 272 g/mol. The molecule has 0 bridgehead atoms. The third kappa shape index (κ3) is 2.84. The van der Waals surface area contributed by atoms with Gasteiger partial charge < -0.3 is 5.73 Å². The number of hydrogen-bond acceptors (Lipinski definition) is 3. The molecule has 0 aromatic carbocycles. The number of aryl methyl sites for hydroxylation is 1. The van der Waals surface area contributed by atoms with Crippen LogP contribution in [0.1, 0.15) is 51.1 Å². The molecule has 1 atom stereocenters. The Morgan fingerprint density at radius 1 is 1.35 bits per heavy atom. The van der Waals surface area contributed by atoms with Gasteiger partial charge in [0, 0.05) is 36.5 Å². The molecule has 0 aliphatic rings. The molecule has 2 aromatic rings. The minimum atomic E-state index is 0.466. The maximum atomic E-state index is 6.23. The maximum Gasteiger partial charge on any atom is 0.129 e. The van der Waals surface area contributed by atoms with Crippen molar-refractivity contribution >= 4 is 5.82 Å². The summed E-state index contributed by atoms with van der Waals surface area (Å²) in [6.07, 6.45) is 8.33. The van der Waals surface area contributed by atoms with Gasteiger partial charge in [0.2, 0.25) is 0 Å². The van der Waals surface area contributed by atoms with Gasteiger partial charge >= 0.3 is 0 Å². The van der Waals surface area contributed by atoms with Gasteiger partial charge in [-0.2, -0.15) is 5.10 Å². The van der Waals surface area contributed by atoms with Crippen molar-refractivity contribution in [2.45, 2.75) is 45.4 Å². The zero-order valence-electron chi connectivity index (χ0n) is 12.6. The van der Waals surface area contributed by atoms with Crippen LogP contribution in [0.25, 0.3) is 11.1 Å². The number of nitrogens with zero attached hydrogens (tertiary/aromatic N) is 3. The van der Waals surface area contributed by atoms with Crippen LogP contribution in [0.15, 0.2) is 24.5 Å². The summed E-state index contributed by atoms with van der Waals surface area (Å²) in [7, 11) is 1.91. The molecule has 0 amide bonds. The third-order valence-electron chi connectivity index (χ3n) is 3.85. The molecular formula is C16H24N4. The lowest BCUT2D eigenvalue weighted by Gasteiger charge is -2.14. The molecule has 4 nitrogen and oxygen atoms in total. The summed E-state index contributed by atoms with van der Waals surface area (Å²) >= 11 is 0. The summed E-state index contributed by atoms with van der Waals surface area (Å²) in [6, 6.07) is 4.00. The van der Waals surface area contributed by atoms with Gasteiger partial charge in [-0.05, 0) is 18.9 Å². The fourth-order valence-corrected chi connectivity index (χ4v) is 2.64. The second kappa shape index (κ2) is 6.55. The first kappa shape index (κ1) is 14.6. The van der Waals surface area contributed by atoms with Gasteiger partial charge in [0.05, 0.1) is 5.69 Å². The van der Waals surface area contributed by atoms with E-state index in [1.54, 1.807) is 10.9 Å². The Hall–Kier alpha value is -1.84. The number of aromatic nitrogens is 3. The highest BCUT2D eigenvalue weighted by Gasteiger charge is 2.22. The fraction of sp³-hybridized carbons (Fsp3) is 0.500. The molecule has 2 heterocycles. The first-order valence-corrected chi connectivity index (χ1v) is 7.41. The Bertz CT molecular complexity index is 545. The predicted octanol–water partition coefficient (Wildman–Crippen LogP) is 3.75. The van der Waals surface area contributed by atoms with Crippen molar-refractivity contribution in [2.24, 2.45) is 7.05 Å². The van der Waals surface area contributed by atoms with Crippen LogP contribution in [0.2, 0.25) is 0 Å². The maximum absolute atomic E-state index is 6.23. The highest BCUT2D eigenvalue weighted by atomic mass is 15.3. The largest absolute Gasteiger partial charge is 0.383 e. The summed E-state index contributed by atoms with van der Waals surface area (Å²) in [4.78, 5) is 4.21. The predicted molar refractivity (Wildman–Crippen MR) is 83.4 cm³/mol. The molecule has 2 aromatic heterocycles. The van der Waals surface area contributed by atoms with Crippen LogP contribution in [0.5, 0.6) is 0 Å². The lowest BCUT2D eigenvalue weighted by atomic mass is 9.91. The van der Waals surface area contributed by atoms with Crippen LogP contribution in [0.4, 0.5) is 5.82 Å². The van der Waals surface area contributed by atoms with Crippen LogP contribution in [0.3, 0.4) is 0 Å². The Kier molecular flexibility index (Phi) is 4.77. The lowest BCUT2D eigenvalue weighted by molar-refractivity contribution is 0.549. The van der Waals surface area contributed by atoms with Gasteiger partial charge in [0.15, 0.2) is 0 Å². The van der Waals surface area contributed by atoms with Gasteiger partial charge in [-0.3, -0.25) is 9.67 Å². The van der Waals surface area contributed by atoms with Gasteiger partial charge in [-0.1, -0.05) is 32.8 Å². The normalized spacial score (nSPS) is 12.6. The summed E-state index contributed by atoms with van der Waals surface area (Å²) in [5.74, 6) is 1.19. The Balaban J connectivity index is 2.45. The zero-order chi connectivity index (χ0) is 14.5. The Morgan fingerprint density at radius 2 is 2.15 bits per heavy atom. The summed E-state index contributed by atoms with van der Waals surface area (Å²) in [5.41, 5.74) is 9.47. The molecule has 0 spiro atoms. The Morgan fingerprint density at radius 3 is 2.75 bits per heavy atom. The van der Waals surface area contributed by atoms with Crippen LogP contribution >= 0.6 is 0 Å². The molecular weight excluding hydrogens is 248 g/mol. The molecule has 4 heteroatoms. The Labute approximate surface area is 121 Å². The van der Waals surface area contributed by atoms with Crippen molar-refractivity contribution in [3.63, 3.8) is 0 Å². The summed E-state index contributed by atoms with van der Waals surface area (Å²) < 4.78 is 1.78. The number of anilines is 1. The van der Waals surface area contributed by atoms with E-state index in [0.29, 0.717) is 5.92 Å². The van der Waals surface area contributed by atoms with Gasteiger partial charge in [0.1, 0.15) is 5.82 Å². The second-order valence-corrected chi connectivity index (χ2v) is 5.26. The molecule has 0 fully saturated rings. The summed E-state index contributed by atoms with van der Waals surface area (Å²) in [6.45, 7) is 4.44. The van der Waals surface area contributed by atoms with E-state index in [1.165, 1.54) is 12.8 Å². The molecule has 1 unspecified atom stereocenters. The van der Waals surface area contributed by atoms with Crippen molar-refractivity contribution in [3.8, 4) is 11.1 Å². The van der Waals surface area contributed by atoms with E-state index < -0.39 is 0 Å². The highest BCUT2D eigenvalue weighted by molar-refractivity contribution is 5.76. The van der Waals surface area contributed by atoms with Crippen LogP contribution in [-0.4, -0.2) is 14.8 Å². The third-order valence-corrected chi connectivity index (χ3v) is 3.85.